The number of amides is 1. The van der Waals surface area contributed by atoms with Crippen molar-refractivity contribution in [3.8, 4) is 22.8 Å². The van der Waals surface area contributed by atoms with E-state index in [-0.39, 0.29) is 18.6 Å². The molecule has 0 aliphatic carbocycles. The molecule has 1 amide bonds. The van der Waals surface area contributed by atoms with Crippen LogP contribution in [0.25, 0.3) is 11.3 Å². The van der Waals surface area contributed by atoms with Crippen LogP contribution in [0.2, 0.25) is 0 Å². The third-order valence-corrected chi connectivity index (χ3v) is 5.79. The number of anilines is 1. The fourth-order valence-corrected chi connectivity index (χ4v) is 4.44. The summed E-state index contributed by atoms with van der Waals surface area (Å²) in [6.07, 6.45) is 1.75. The molecular formula is C22H21BrN4O3S. The number of rotatable bonds is 5. The molecule has 0 saturated carbocycles. The number of carbonyl (C=O) groups excluding carboxylic acids is 1. The van der Waals surface area contributed by atoms with E-state index in [2.05, 4.69) is 21.2 Å². The highest BCUT2D eigenvalue weighted by atomic mass is 79.9. The highest BCUT2D eigenvalue weighted by Crippen LogP contribution is 2.33. The number of fused-ring (bicyclic) bond motifs is 1. The van der Waals surface area contributed by atoms with E-state index in [1.165, 1.54) is 11.3 Å². The van der Waals surface area contributed by atoms with Crippen molar-refractivity contribution < 1.29 is 14.3 Å². The molecule has 160 valence electrons. The maximum atomic E-state index is 11.7. The summed E-state index contributed by atoms with van der Waals surface area (Å²) in [5, 5.41) is 9.59. The van der Waals surface area contributed by atoms with Crippen LogP contribution in [0.1, 0.15) is 19.4 Å². The van der Waals surface area contributed by atoms with Gasteiger partial charge in [-0.2, -0.15) is 5.10 Å². The van der Waals surface area contributed by atoms with E-state index < -0.39 is 0 Å². The van der Waals surface area contributed by atoms with E-state index >= 15 is 0 Å². The van der Waals surface area contributed by atoms with E-state index in [1.54, 1.807) is 18.0 Å². The van der Waals surface area contributed by atoms with Gasteiger partial charge in [0.15, 0.2) is 6.61 Å². The molecule has 0 radical (unpaired) electrons. The zero-order valence-corrected chi connectivity index (χ0v) is 19.7. The minimum Gasteiger partial charge on any atom is -0.496 e. The maximum Gasteiger partial charge on any atom is 0.262 e. The minimum absolute atomic E-state index is 0.0287. The maximum absolute atomic E-state index is 11.7. The summed E-state index contributed by atoms with van der Waals surface area (Å²) in [4.78, 5) is 17.2. The van der Waals surface area contributed by atoms with Gasteiger partial charge >= 0.3 is 0 Å². The number of aromatic nitrogens is 1. The second-order valence-corrected chi connectivity index (χ2v) is 8.87. The number of nitrogens with zero attached hydrogens (tertiary/aromatic N) is 3. The van der Waals surface area contributed by atoms with Crippen LogP contribution in [0.5, 0.6) is 11.5 Å². The molecule has 1 aromatic heterocycles. The highest BCUT2D eigenvalue weighted by Gasteiger charge is 2.18. The summed E-state index contributed by atoms with van der Waals surface area (Å²) in [5.74, 6) is 1.21. The third kappa shape index (κ3) is 4.72. The van der Waals surface area contributed by atoms with Crippen molar-refractivity contribution in [2.45, 2.75) is 19.9 Å². The van der Waals surface area contributed by atoms with Crippen molar-refractivity contribution in [1.82, 2.24) is 4.68 Å². The van der Waals surface area contributed by atoms with Crippen molar-refractivity contribution in [2.24, 2.45) is 10.1 Å². The number of ether oxygens (including phenoxy) is 2. The molecule has 1 N–H and O–H groups in total. The van der Waals surface area contributed by atoms with Gasteiger partial charge in [0.25, 0.3) is 5.91 Å². The minimum atomic E-state index is -0.168. The predicted octanol–water partition coefficient (Wildman–Crippen LogP) is 4.51. The quantitative estimate of drug-likeness (QED) is 0.523. The fourth-order valence-electron chi connectivity index (χ4n) is 3.09. The Morgan fingerprint density at radius 3 is 2.90 bits per heavy atom. The van der Waals surface area contributed by atoms with Gasteiger partial charge in [-0.1, -0.05) is 15.9 Å². The predicted molar refractivity (Wildman–Crippen MR) is 126 cm³/mol. The van der Waals surface area contributed by atoms with Gasteiger partial charge in [-0.05, 0) is 50.2 Å². The monoisotopic (exact) mass is 500 g/mol. The molecule has 1 aliphatic rings. The van der Waals surface area contributed by atoms with Gasteiger partial charge in [-0.15, -0.1) is 11.3 Å². The zero-order valence-electron chi connectivity index (χ0n) is 17.3. The van der Waals surface area contributed by atoms with Crippen LogP contribution >= 0.6 is 27.3 Å². The number of thiazole rings is 1. The molecular weight excluding hydrogens is 480 g/mol. The van der Waals surface area contributed by atoms with Crippen molar-refractivity contribution >= 4 is 45.1 Å². The van der Waals surface area contributed by atoms with Crippen molar-refractivity contribution in [1.29, 1.82) is 0 Å². The Hall–Kier alpha value is -2.91. The van der Waals surface area contributed by atoms with Crippen LogP contribution < -0.4 is 19.6 Å². The average molecular weight is 501 g/mol. The van der Waals surface area contributed by atoms with E-state index in [4.69, 9.17) is 19.6 Å². The number of nitrogens with one attached hydrogen (secondary N) is 1. The standard InChI is InChI=1S/C22H21BrN4O3S/c1-13(2)25-22-27(24-10-15-8-16(23)5-7-19(15)29-3)18(12-31-22)14-4-6-20-17(9-14)26-21(28)11-30-20/h4-10,12-13H,11H2,1-3H3,(H,26,28). The largest absolute Gasteiger partial charge is 0.496 e. The molecule has 31 heavy (non-hydrogen) atoms. The van der Waals surface area contributed by atoms with Crippen LogP contribution in [0.3, 0.4) is 0 Å². The lowest BCUT2D eigenvalue weighted by Crippen LogP contribution is -2.25. The first-order valence-electron chi connectivity index (χ1n) is 9.64. The molecule has 0 bridgehead atoms. The van der Waals surface area contributed by atoms with Gasteiger partial charge in [-0.3, -0.25) is 9.79 Å². The molecule has 1 aliphatic heterocycles. The van der Waals surface area contributed by atoms with Gasteiger partial charge in [-0.25, -0.2) is 4.68 Å². The Kier molecular flexibility index (Phi) is 6.24. The molecule has 0 unspecified atom stereocenters. The fraction of sp³-hybridized carbons (Fsp3) is 0.227. The van der Waals surface area contributed by atoms with Crippen molar-refractivity contribution in [3.05, 3.63) is 56.6 Å². The van der Waals surface area contributed by atoms with Crippen molar-refractivity contribution in [3.63, 3.8) is 0 Å². The van der Waals surface area contributed by atoms with Gasteiger partial charge in [0.1, 0.15) is 11.5 Å². The van der Waals surface area contributed by atoms with E-state index in [0.717, 1.165) is 31.8 Å². The van der Waals surface area contributed by atoms with Gasteiger partial charge in [0, 0.05) is 27.0 Å². The lowest BCUT2D eigenvalue weighted by Gasteiger charge is -2.18. The summed E-state index contributed by atoms with van der Waals surface area (Å²) < 4.78 is 13.7. The number of halogens is 1. The summed E-state index contributed by atoms with van der Waals surface area (Å²) in [6, 6.07) is 11.6. The van der Waals surface area contributed by atoms with Gasteiger partial charge in [0.05, 0.1) is 24.7 Å². The molecule has 2 heterocycles. The van der Waals surface area contributed by atoms with Crippen LogP contribution in [0.4, 0.5) is 5.69 Å². The molecule has 7 nitrogen and oxygen atoms in total. The van der Waals surface area contributed by atoms with E-state index in [0.29, 0.717) is 11.4 Å². The normalized spacial score (nSPS) is 14.0. The number of carbonyl (C=O) groups is 1. The molecule has 9 heteroatoms. The molecule has 0 saturated heterocycles. The highest BCUT2D eigenvalue weighted by molar-refractivity contribution is 9.10. The summed E-state index contributed by atoms with van der Waals surface area (Å²) in [5.41, 5.74) is 3.23. The summed E-state index contributed by atoms with van der Waals surface area (Å²) >= 11 is 5.00. The van der Waals surface area contributed by atoms with E-state index in [9.17, 15) is 4.79 Å². The summed E-state index contributed by atoms with van der Waals surface area (Å²) in [6.45, 7) is 4.08. The summed E-state index contributed by atoms with van der Waals surface area (Å²) in [7, 11) is 1.63. The lowest BCUT2D eigenvalue weighted by atomic mass is 10.1. The van der Waals surface area contributed by atoms with Crippen molar-refractivity contribution in [2.75, 3.05) is 19.0 Å². The Morgan fingerprint density at radius 1 is 1.29 bits per heavy atom. The Balaban J connectivity index is 1.81. The van der Waals surface area contributed by atoms with Crippen LogP contribution in [-0.2, 0) is 4.79 Å². The smallest absolute Gasteiger partial charge is 0.262 e. The third-order valence-electron chi connectivity index (χ3n) is 4.47. The molecule has 0 fully saturated rings. The number of hydrogen-bond donors (Lipinski definition) is 1. The zero-order chi connectivity index (χ0) is 22.0. The van der Waals surface area contributed by atoms with E-state index in [1.807, 2.05) is 55.6 Å². The number of hydrogen-bond acceptors (Lipinski definition) is 6. The molecule has 3 aromatic rings. The first-order chi connectivity index (χ1) is 14.9. The molecule has 0 atom stereocenters. The number of methoxy groups -OCH3 is 1. The van der Waals surface area contributed by atoms with Crippen LogP contribution in [0, 0.1) is 0 Å². The molecule has 4 rings (SSSR count). The Morgan fingerprint density at radius 2 is 2.13 bits per heavy atom. The van der Waals surface area contributed by atoms with Crippen LogP contribution in [-0.4, -0.2) is 36.6 Å². The first kappa shape index (κ1) is 21.3. The van der Waals surface area contributed by atoms with Gasteiger partial charge < -0.3 is 14.8 Å². The first-order valence-corrected chi connectivity index (χ1v) is 11.3. The Labute approximate surface area is 192 Å². The number of benzene rings is 2. The average Bonchev–Trinajstić information content (AvgIpc) is 3.13. The second-order valence-electron chi connectivity index (χ2n) is 7.12. The molecule has 2 aromatic carbocycles. The Bertz CT molecular complexity index is 1230. The lowest BCUT2D eigenvalue weighted by molar-refractivity contribution is -0.118. The van der Waals surface area contributed by atoms with Gasteiger partial charge in [0.2, 0.25) is 4.80 Å². The van der Waals surface area contributed by atoms with Crippen LogP contribution in [0.15, 0.2) is 56.3 Å². The topological polar surface area (TPSA) is 77.2 Å². The molecule has 0 spiro atoms. The SMILES string of the molecule is COc1ccc(Br)cc1C=Nn1c(-c2ccc3c(c2)NC(=O)CO3)csc1=NC(C)C. The second kappa shape index (κ2) is 9.07.